The Morgan fingerprint density at radius 1 is 1.13 bits per heavy atom. The van der Waals surface area contributed by atoms with Gasteiger partial charge in [0.15, 0.2) is 5.82 Å². The topological polar surface area (TPSA) is 199 Å². The number of aromatic nitrogens is 2. The van der Waals surface area contributed by atoms with E-state index in [0.29, 0.717) is 12.2 Å². The number of nitrogen functional groups attached to an aromatic ring is 1. The van der Waals surface area contributed by atoms with Crippen LogP contribution in [0.15, 0.2) is 4.79 Å². The highest BCUT2D eigenvalue weighted by molar-refractivity contribution is 7.47. The molecule has 1 fully saturated rings. The number of phosphoric ester groups is 2. The van der Waals surface area contributed by atoms with Crippen LogP contribution in [-0.2, 0) is 27.2 Å². The van der Waals surface area contributed by atoms with Crippen molar-refractivity contribution in [2.75, 3.05) is 49.0 Å². The number of nitrogens with one attached hydrogen (secondary N) is 2. The molecule has 14 nitrogen and oxygen atoms in total. The average Bonchev–Trinajstić information content (AvgIpc) is 3.04. The predicted octanol–water partition coefficient (Wildman–Crippen LogP) is 0.853. The maximum absolute atomic E-state index is 12.1. The van der Waals surface area contributed by atoms with E-state index in [1.165, 1.54) is 0 Å². The van der Waals surface area contributed by atoms with E-state index in [1.807, 2.05) is 0 Å². The minimum atomic E-state index is -4.25. The van der Waals surface area contributed by atoms with Crippen LogP contribution in [0.5, 0.6) is 0 Å². The minimum absolute atomic E-state index is 0.00747. The molecule has 0 saturated heterocycles. The molecule has 0 spiro atoms. The van der Waals surface area contributed by atoms with Crippen LogP contribution in [0.25, 0.3) is 0 Å². The Morgan fingerprint density at radius 2 is 1.74 bits per heavy atom. The number of rotatable bonds is 11. The van der Waals surface area contributed by atoms with E-state index >= 15 is 0 Å². The summed E-state index contributed by atoms with van der Waals surface area (Å²) in [6, 6.07) is -0.261. The summed E-state index contributed by atoms with van der Waals surface area (Å²) in [5, 5.41) is 2.95. The zero-order valence-electron chi connectivity index (χ0n) is 17.1. The number of anilines is 3. The zero-order valence-corrected chi connectivity index (χ0v) is 18.9. The van der Waals surface area contributed by atoms with Gasteiger partial charge in [-0.3, -0.25) is 27.9 Å². The second kappa shape index (κ2) is 9.55. The molecule has 176 valence electrons. The third-order valence-electron chi connectivity index (χ3n) is 5.13. The molecule has 1 aliphatic heterocycles. The van der Waals surface area contributed by atoms with Crippen LogP contribution in [0.4, 0.5) is 17.5 Å². The molecule has 2 aliphatic rings. The van der Waals surface area contributed by atoms with Gasteiger partial charge in [0, 0.05) is 12.0 Å². The van der Waals surface area contributed by atoms with Crippen LogP contribution >= 0.6 is 15.6 Å². The molecule has 3 rings (SSSR count). The number of hydrogen-bond donors (Lipinski definition) is 5. The molecule has 6 N–H and O–H groups in total. The number of nitrogens with two attached hydrogens (primary N) is 1. The fourth-order valence-electron chi connectivity index (χ4n) is 3.71. The van der Waals surface area contributed by atoms with Gasteiger partial charge in [-0.1, -0.05) is 0 Å². The van der Waals surface area contributed by atoms with Gasteiger partial charge in [-0.25, -0.2) is 9.13 Å². The van der Waals surface area contributed by atoms with E-state index in [-0.39, 0.29) is 56.7 Å². The summed E-state index contributed by atoms with van der Waals surface area (Å²) in [7, 11) is -8.44. The van der Waals surface area contributed by atoms with E-state index in [4.69, 9.17) is 23.8 Å². The SMILES string of the molecule is CCOP(=O)(O)OCC1CC(N2CNc3c2nc(N)[nH]c3=O)C1COP(=O)(O)OCC. The maximum Gasteiger partial charge on any atom is 0.472 e. The van der Waals surface area contributed by atoms with Gasteiger partial charge in [0.1, 0.15) is 5.69 Å². The monoisotopic (exact) mass is 483 g/mol. The fourth-order valence-corrected chi connectivity index (χ4v) is 5.25. The Kier molecular flexibility index (Phi) is 7.44. The third-order valence-corrected chi connectivity index (χ3v) is 7.25. The normalized spacial score (nSPS) is 26.5. The van der Waals surface area contributed by atoms with Gasteiger partial charge in [-0.15, -0.1) is 0 Å². The standard InChI is InChI=1S/C15H27N5O9P2/c1-3-26-30(22,23)28-6-9-5-11(10(9)7-29-31(24,25)27-4-2)20-8-17-12-13(20)18-15(16)19-14(12)21/h9-11,17H,3-8H2,1-2H3,(H,22,23)(H,24,25)(H3,16,18,19,21). The first kappa shape index (κ1) is 24.1. The van der Waals surface area contributed by atoms with Gasteiger partial charge in [0.2, 0.25) is 5.95 Å². The van der Waals surface area contributed by atoms with Crippen molar-refractivity contribution in [2.45, 2.75) is 26.3 Å². The van der Waals surface area contributed by atoms with Crippen molar-refractivity contribution < 1.29 is 37.0 Å². The van der Waals surface area contributed by atoms with Crippen molar-refractivity contribution in [3.05, 3.63) is 10.4 Å². The molecule has 2 heterocycles. The molecule has 1 aromatic rings. The van der Waals surface area contributed by atoms with E-state index < -0.39 is 27.1 Å². The molecule has 1 aliphatic carbocycles. The van der Waals surface area contributed by atoms with Crippen LogP contribution in [0.3, 0.4) is 0 Å². The van der Waals surface area contributed by atoms with Crippen molar-refractivity contribution in [3.63, 3.8) is 0 Å². The Bertz CT molecular complexity index is 944. The Labute approximate surface area is 178 Å². The highest BCUT2D eigenvalue weighted by atomic mass is 31.2. The summed E-state index contributed by atoms with van der Waals surface area (Å²) in [6.45, 7) is 3.08. The quantitative estimate of drug-likeness (QED) is 0.278. The van der Waals surface area contributed by atoms with Gasteiger partial charge in [-0.05, 0) is 26.2 Å². The molecule has 1 saturated carbocycles. The predicted molar refractivity (Wildman–Crippen MR) is 110 cm³/mol. The lowest BCUT2D eigenvalue weighted by Gasteiger charge is -2.48. The maximum atomic E-state index is 12.1. The van der Waals surface area contributed by atoms with Gasteiger partial charge >= 0.3 is 15.6 Å². The molecule has 0 amide bonds. The molecule has 31 heavy (non-hydrogen) atoms. The highest BCUT2D eigenvalue weighted by Gasteiger charge is 2.48. The lowest BCUT2D eigenvalue weighted by Crippen LogP contribution is -2.55. The molecule has 0 radical (unpaired) electrons. The fraction of sp³-hybridized carbons (Fsp3) is 0.733. The molecule has 0 aromatic carbocycles. The van der Waals surface area contributed by atoms with Gasteiger partial charge < -0.3 is 25.7 Å². The van der Waals surface area contributed by atoms with Crippen LogP contribution in [-0.4, -0.2) is 58.9 Å². The van der Waals surface area contributed by atoms with Gasteiger partial charge in [0.25, 0.3) is 5.56 Å². The first-order chi connectivity index (χ1) is 14.6. The summed E-state index contributed by atoms with van der Waals surface area (Å²) in [6.07, 6.45) is 0.486. The first-order valence-electron chi connectivity index (χ1n) is 9.71. The van der Waals surface area contributed by atoms with Crippen molar-refractivity contribution in [2.24, 2.45) is 11.8 Å². The van der Waals surface area contributed by atoms with E-state index in [0.717, 1.165) is 0 Å². The first-order valence-corrected chi connectivity index (χ1v) is 12.7. The van der Waals surface area contributed by atoms with Crippen molar-refractivity contribution in [3.8, 4) is 0 Å². The summed E-state index contributed by atoms with van der Waals surface area (Å²) in [4.78, 5) is 39.9. The zero-order chi connectivity index (χ0) is 22.8. The number of phosphoric acid groups is 2. The number of fused-ring (bicyclic) bond motifs is 1. The lowest BCUT2D eigenvalue weighted by atomic mass is 9.69. The second-order valence-electron chi connectivity index (χ2n) is 7.05. The van der Waals surface area contributed by atoms with E-state index in [1.54, 1.807) is 18.7 Å². The number of hydrogen-bond acceptors (Lipinski definition) is 11. The number of aromatic amines is 1. The smallest absolute Gasteiger partial charge is 0.369 e. The summed E-state index contributed by atoms with van der Waals surface area (Å²) >= 11 is 0. The third kappa shape index (κ3) is 5.65. The Morgan fingerprint density at radius 3 is 2.35 bits per heavy atom. The van der Waals surface area contributed by atoms with Gasteiger partial charge in [-0.2, -0.15) is 4.98 Å². The molecule has 5 atom stereocenters. The van der Waals surface area contributed by atoms with Crippen molar-refractivity contribution >= 4 is 33.1 Å². The van der Waals surface area contributed by atoms with Crippen LogP contribution in [0.2, 0.25) is 0 Å². The summed E-state index contributed by atoms with van der Waals surface area (Å²) < 4.78 is 43.4. The molecule has 5 unspecified atom stereocenters. The molecular formula is C15H27N5O9P2. The lowest BCUT2D eigenvalue weighted by molar-refractivity contribution is 0.0134. The van der Waals surface area contributed by atoms with E-state index in [2.05, 4.69) is 15.3 Å². The van der Waals surface area contributed by atoms with Crippen LogP contribution < -0.4 is 21.5 Å². The molecule has 16 heteroatoms. The number of nitrogens with zero attached hydrogens (tertiary/aromatic N) is 2. The average molecular weight is 483 g/mol. The number of H-pyrrole nitrogens is 1. The summed E-state index contributed by atoms with van der Waals surface area (Å²) in [5.41, 5.74) is 5.52. The van der Waals surface area contributed by atoms with Gasteiger partial charge in [0.05, 0.1) is 33.1 Å². The molecular weight excluding hydrogens is 456 g/mol. The van der Waals surface area contributed by atoms with Crippen molar-refractivity contribution in [1.82, 2.24) is 9.97 Å². The summed E-state index contributed by atoms with van der Waals surface area (Å²) in [5.74, 6) is -0.359. The molecule has 1 aromatic heterocycles. The highest BCUT2D eigenvalue weighted by Crippen LogP contribution is 2.50. The van der Waals surface area contributed by atoms with Crippen molar-refractivity contribution in [1.29, 1.82) is 0 Å². The van der Waals surface area contributed by atoms with Crippen LogP contribution in [0.1, 0.15) is 20.3 Å². The van der Waals surface area contributed by atoms with Crippen LogP contribution in [0, 0.1) is 11.8 Å². The second-order valence-corrected chi connectivity index (χ2v) is 9.95. The largest absolute Gasteiger partial charge is 0.472 e. The Hall–Kier alpha value is -1.50. The Balaban J connectivity index is 1.75. The van der Waals surface area contributed by atoms with E-state index in [9.17, 15) is 23.7 Å². The molecule has 0 bridgehead atoms. The minimum Gasteiger partial charge on any atom is -0.369 e.